The van der Waals surface area contributed by atoms with Crippen molar-refractivity contribution in [2.75, 3.05) is 6.79 Å². The lowest BCUT2D eigenvalue weighted by molar-refractivity contribution is 0.174. The van der Waals surface area contributed by atoms with Gasteiger partial charge in [0.1, 0.15) is 0 Å². The van der Waals surface area contributed by atoms with Gasteiger partial charge in [-0.3, -0.25) is 0 Å². The van der Waals surface area contributed by atoms with Gasteiger partial charge in [0, 0.05) is 35.3 Å². The summed E-state index contributed by atoms with van der Waals surface area (Å²) in [5.74, 6) is 2.92. The summed E-state index contributed by atoms with van der Waals surface area (Å²) in [6, 6.07) is 16.2. The quantitative estimate of drug-likeness (QED) is 0.481. The molecule has 0 saturated heterocycles. The predicted octanol–water partition coefficient (Wildman–Crippen LogP) is 4.18. The zero-order chi connectivity index (χ0) is 19.9. The first-order chi connectivity index (χ1) is 14.8. The number of benzene rings is 2. The lowest BCUT2D eigenvalue weighted by Crippen LogP contribution is -1.97. The molecule has 1 N–H and O–H groups in total. The minimum Gasteiger partial charge on any atom is -0.454 e. The second-order valence-electron chi connectivity index (χ2n) is 7.35. The van der Waals surface area contributed by atoms with Gasteiger partial charge in [-0.15, -0.1) is 5.10 Å². The van der Waals surface area contributed by atoms with Crippen molar-refractivity contribution in [3.8, 4) is 22.8 Å². The van der Waals surface area contributed by atoms with Gasteiger partial charge < -0.3 is 14.5 Å². The van der Waals surface area contributed by atoms with E-state index in [0.29, 0.717) is 5.78 Å². The average molecular weight is 397 g/mol. The molecule has 7 heteroatoms. The average Bonchev–Trinajstić information content (AvgIpc) is 3.51. The monoisotopic (exact) mass is 397 g/mol. The summed E-state index contributed by atoms with van der Waals surface area (Å²) < 4.78 is 12.7. The van der Waals surface area contributed by atoms with Crippen molar-refractivity contribution >= 4 is 16.7 Å². The van der Waals surface area contributed by atoms with Crippen LogP contribution in [0.1, 0.15) is 17.8 Å². The van der Waals surface area contributed by atoms with E-state index in [9.17, 15) is 0 Å². The zero-order valence-electron chi connectivity index (χ0n) is 16.2. The Hall–Kier alpha value is -3.87. The second-order valence-corrected chi connectivity index (χ2v) is 7.35. The summed E-state index contributed by atoms with van der Waals surface area (Å²) in [5.41, 5.74) is 4.42. The van der Waals surface area contributed by atoms with E-state index < -0.39 is 0 Å². The van der Waals surface area contributed by atoms with Crippen LogP contribution in [0.5, 0.6) is 11.5 Å². The van der Waals surface area contributed by atoms with Crippen LogP contribution in [0.15, 0.2) is 60.9 Å². The number of hydrogen-bond acceptors (Lipinski definition) is 5. The summed E-state index contributed by atoms with van der Waals surface area (Å²) in [4.78, 5) is 12.4. The number of aromatic amines is 1. The Morgan fingerprint density at radius 2 is 1.93 bits per heavy atom. The van der Waals surface area contributed by atoms with E-state index in [1.807, 2.05) is 30.3 Å². The van der Waals surface area contributed by atoms with E-state index in [1.54, 1.807) is 10.7 Å². The number of nitrogens with one attached hydrogen (secondary N) is 1. The molecule has 2 aromatic carbocycles. The first-order valence-electron chi connectivity index (χ1n) is 10.0. The molecule has 5 aromatic rings. The molecule has 0 spiro atoms. The number of nitrogens with zero attached hydrogens (tertiary/aromatic N) is 4. The summed E-state index contributed by atoms with van der Waals surface area (Å²) in [6.45, 7) is 0.258. The maximum atomic E-state index is 5.51. The highest BCUT2D eigenvalue weighted by atomic mass is 16.7. The Balaban J connectivity index is 1.25. The van der Waals surface area contributed by atoms with Crippen molar-refractivity contribution in [1.29, 1.82) is 0 Å². The van der Waals surface area contributed by atoms with Gasteiger partial charge in [0.25, 0.3) is 5.78 Å². The van der Waals surface area contributed by atoms with Gasteiger partial charge in [0.05, 0.1) is 5.69 Å². The lowest BCUT2D eigenvalue weighted by Gasteiger charge is -2.04. The lowest BCUT2D eigenvalue weighted by atomic mass is 10.1. The maximum Gasteiger partial charge on any atom is 0.252 e. The Labute approximate surface area is 172 Å². The summed E-state index contributed by atoms with van der Waals surface area (Å²) >= 11 is 0. The second kappa shape index (κ2) is 6.88. The van der Waals surface area contributed by atoms with Crippen molar-refractivity contribution in [3.05, 3.63) is 72.3 Å². The van der Waals surface area contributed by atoms with Crippen molar-refractivity contribution in [2.45, 2.75) is 19.3 Å². The van der Waals surface area contributed by atoms with Crippen LogP contribution in [0.2, 0.25) is 0 Å². The molecule has 0 unspecified atom stereocenters. The fraction of sp³-hybridized carbons (Fsp3) is 0.174. The number of para-hydroxylation sites is 1. The molecule has 0 amide bonds. The molecule has 0 radical (unpaired) electrons. The fourth-order valence-electron chi connectivity index (χ4n) is 3.99. The molecule has 0 saturated carbocycles. The molecule has 0 fully saturated rings. The van der Waals surface area contributed by atoms with Gasteiger partial charge in [0.2, 0.25) is 6.79 Å². The van der Waals surface area contributed by atoms with Crippen LogP contribution < -0.4 is 9.47 Å². The van der Waals surface area contributed by atoms with E-state index in [1.165, 1.54) is 16.5 Å². The van der Waals surface area contributed by atoms with Gasteiger partial charge >= 0.3 is 0 Å². The molecule has 6 rings (SSSR count). The van der Waals surface area contributed by atoms with E-state index in [2.05, 4.69) is 39.3 Å². The Morgan fingerprint density at radius 1 is 1.00 bits per heavy atom. The van der Waals surface area contributed by atoms with E-state index in [4.69, 9.17) is 14.6 Å². The van der Waals surface area contributed by atoms with Gasteiger partial charge in [-0.2, -0.15) is 9.50 Å². The molecule has 0 aliphatic carbocycles. The van der Waals surface area contributed by atoms with Crippen LogP contribution in [0.25, 0.3) is 27.9 Å². The molecule has 7 nitrogen and oxygen atoms in total. The number of fused-ring (bicyclic) bond motifs is 3. The molecule has 1 aliphatic rings. The highest BCUT2D eigenvalue weighted by Crippen LogP contribution is 2.35. The largest absolute Gasteiger partial charge is 0.454 e. The van der Waals surface area contributed by atoms with Crippen molar-refractivity contribution in [2.24, 2.45) is 0 Å². The summed E-state index contributed by atoms with van der Waals surface area (Å²) in [6.07, 6.45) is 6.60. The number of rotatable bonds is 5. The Morgan fingerprint density at radius 3 is 2.93 bits per heavy atom. The smallest absolute Gasteiger partial charge is 0.252 e. The topological polar surface area (TPSA) is 77.3 Å². The first kappa shape index (κ1) is 17.0. The first-order valence-corrected chi connectivity index (χ1v) is 10.0. The molecular formula is C23H19N5O2. The van der Waals surface area contributed by atoms with Crippen LogP contribution in [-0.4, -0.2) is 31.4 Å². The van der Waals surface area contributed by atoms with E-state index >= 15 is 0 Å². The molecule has 0 bridgehead atoms. The normalized spacial score (nSPS) is 12.8. The number of hydrogen-bond donors (Lipinski definition) is 1. The van der Waals surface area contributed by atoms with Crippen molar-refractivity contribution in [1.82, 2.24) is 24.6 Å². The molecule has 4 heterocycles. The van der Waals surface area contributed by atoms with Gasteiger partial charge in [-0.05, 0) is 48.7 Å². The van der Waals surface area contributed by atoms with Crippen LogP contribution in [-0.2, 0) is 12.8 Å². The third-order valence-corrected chi connectivity index (χ3v) is 5.47. The maximum absolute atomic E-state index is 5.51. The SMILES string of the molecule is c1ccc2c(CCCc3nc4nccc(-c5ccc6c(c5)OCO6)n4n3)c[nH]c2c1. The van der Waals surface area contributed by atoms with Crippen LogP contribution in [0, 0.1) is 0 Å². The fourth-order valence-corrected chi connectivity index (χ4v) is 3.99. The number of aryl methyl sites for hydroxylation is 2. The predicted molar refractivity (Wildman–Crippen MR) is 113 cm³/mol. The number of aromatic nitrogens is 5. The highest BCUT2D eigenvalue weighted by molar-refractivity contribution is 5.83. The molecule has 0 atom stereocenters. The zero-order valence-corrected chi connectivity index (χ0v) is 16.2. The minimum absolute atomic E-state index is 0.258. The Kier molecular flexibility index (Phi) is 3.90. The van der Waals surface area contributed by atoms with Crippen LogP contribution in [0.3, 0.4) is 0 Å². The molecule has 30 heavy (non-hydrogen) atoms. The van der Waals surface area contributed by atoms with E-state index in [-0.39, 0.29) is 6.79 Å². The molecule has 1 aliphatic heterocycles. The summed E-state index contributed by atoms with van der Waals surface area (Å²) in [7, 11) is 0. The van der Waals surface area contributed by atoms with Crippen LogP contribution in [0.4, 0.5) is 0 Å². The summed E-state index contributed by atoms with van der Waals surface area (Å²) in [5, 5.41) is 6.01. The van der Waals surface area contributed by atoms with Crippen LogP contribution >= 0.6 is 0 Å². The number of ether oxygens (including phenoxy) is 2. The molecule has 3 aromatic heterocycles. The Bertz CT molecular complexity index is 1370. The minimum atomic E-state index is 0.258. The van der Waals surface area contributed by atoms with Gasteiger partial charge in [0.15, 0.2) is 17.3 Å². The third-order valence-electron chi connectivity index (χ3n) is 5.47. The molecular weight excluding hydrogens is 378 g/mol. The van der Waals surface area contributed by atoms with E-state index in [0.717, 1.165) is 47.8 Å². The van der Waals surface area contributed by atoms with Gasteiger partial charge in [-0.25, -0.2) is 4.98 Å². The number of H-pyrrole nitrogens is 1. The van der Waals surface area contributed by atoms with Crippen molar-refractivity contribution in [3.63, 3.8) is 0 Å². The van der Waals surface area contributed by atoms with Crippen molar-refractivity contribution < 1.29 is 9.47 Å². The molecule has 148 valence electrons. The third kappa shape index (κ3) is 2.86. The van der Waals surface area contributed by atoms with Gasteiger partial charge in [-0.1, -0.05) is 18.2 Å². The standard InChI is InChI=1S/C23H19N5O2/c1-2-6-18-17(5-1)16(13-25-18)4-3-7-22-26-23-24-11-10-19(28(23)27-22)15-8-9-20-21(12-15)30-14-29-20/h1-2,5-6,8-13,25H,3-4,7,14H2. The highest BCUT2D eigenvalue weighted by Gasteiger charge is 2.16.